The lowest BCUT2D eigenvalue weighted by molar-refractivity contribution is -0.146. The number of piperidine rings is 1. The van der Waals surface area contributed by atoms with Crippen LogP contribution in [0.5, 0.6) is 0 Å². The quantitative estimate of drug-likeness (QED) is 0.463. The molecule has 2 amide bonds. The van der Waals surface area contributed by atoms with Gasteiger partial charge in [0.1, 0.15) is 0 Å². The van der Waals surface area contributed by atoms with Gasteiger partial charge in [-0.25, -0.2) is 0 Å². The van der Waals surface area contributed by atoms with Crippen molar-refractivity contribution in [3.05, 3.63) is 0 Å². The zero-order valence-corrected chi connectivity index (χ0v) is 14.6. The van der Waals surface area contributed by atoms with Gasteiger partial charge in [-0.1, -0.05) is 71.1 Å². The van der Waals surface area contributed by atoms with Gasteiger partial charge in [-0.05, 0) is 19.3 Å². The van der Waals surface area contributed by atoms with E-state index in [1.54, 1.807) is 0 Å². The minimum atomic E-state index is 0.0410. The zero-order chi connectivity index (χ0) is 16.0. The summed E-state index contributed by atoms with van der Waals surface area (Å²) < 4.78 is 0. The standard InChI is InChI=1S/C19H35NO2/c1-2-3-4-5-6-7-8-9-10-11-12-15-18(21)20-17-14-13-16-19(20)22/h2-17H2,1H3. The van der Waals surface area contributed by atoms with Crippen LogP contribution in [-0.4, -0.2) is 23.3 Å². The molecule has 0 radical (unpaired) electrons. The number of imide groups is 1. The lowest BCUT2D eigenvalue weighted by Gasteiger charge is -2.24. The molecule has 3 heteroatoms. The van der Waals surface area contributed by atoms with E-state index in [0.717, 1.165) is 25.7 Å². The topological polar surface area (TPSA) is 37.4 Å². The highest BCUT2D eigenvalue weighted by Gasteiger charge is 2.23. The van der Waals surface area contributed by atoms with E-state index in [4.69, 9.17) is 0 Å². The first-order chi connectivity index (χ1) is 10.8. The van der Waals surface area contributed by atoms with E-state index in [-0.39, 0.29) is 11.8 Å². The summed E-state index contributed by atoms with van der Waals surface area (Å²) in [5, 5.41) is 0. The smallest absolute Gasteiger partial charge is 0.229 e. The molecule has 1 heterocycles. The van der Waals surface area contributed by atoms with E-state index in [0.29, 0.717) is 19.4 Å². The van der Waals surface area contributed by atoms with Gasteiger partial charge in [0, 0.05) is 19.4 Å². The van der Waals surface area contributed by atoms with Crippen molar-refractivity contribution in [3.63, 3.8) is 0 Å². The Kier molecular flexibility index (Phi) is 11.0. The third-order valence-corrected chi connectivity index (χ3v) is 4.62. The molecular weight excluding hydrogens is 274 g/mol. The van der Waals surface area contributed by atoms with Crippen molar-refractivity contribution < 1.29 is 9.59 Å². The Morgan fingerprint density at radius 3 is 1.95 bits per heavy atom. The normalized spacial score (nSPS) is 15.3. The minimum Gasteiger partial charge on any atom is -0.283 e. The SMILES string of the molecule is CCCCCCCCCCCCCC(=O)N1CCCCC1=O. The monoisotopic (exact) mass is 309 g/mol. The van der Waals surface area contributed by atoms with Gasteiger partial charge in [0.15, 0.2) is 0 Å². The largest absolute Gasteiger partial charge is 0.283 e. The molecule has 1 aliphatic rings. The number of unbranched alkanes of at least 4 members (excludes halogenated alkanes) is 10. The Balaban J connectivity index is 1.88. The van der Waals surface area contributed by atoms with Gasteiger partial charge >= 0.3 is 0 Å². The van der Waals surface area contributed by atoms with Gasteiger partial charge in [-0.3, -0.25) is 14.5 Å². The molecule has 0 bridgehead atoms. The van der Waals surface area contributed by atoms with Crippen molar-refractivity contribution in [3.8, 4) is 0 Å². The molecule has 0 aromatic carbocycles. The summed E-state index contributed by atoms with van der Waals surface area (Å²) in [6.45, 7) is 2.90. The number of carbonyl (C=O) groups is 2. The predicted molar refractivity (Wildman–Crippen MR) is 91.6 cm³/mol. The lowest BCUT2D eigenvalue weighted by Crippen LogP contribution is -2.40. The number of nitrogens with zero attached hydrogens (tertiary/aromatic N) is 1. The molecule has 0 unspecified atom stereocenters. The molecule has 0 aromatic heterocycles. The number of carbonyl (C=O) groups excluding carboxylic acids is 2. The van der Waals surface area contributed by atoms with Gasteiger partial charge < -0.3 is 0 Å². The number of hydrogen-bond acceptors (Lipinski definition) is 2. The van der Waals surface area contributed by atoms with Crippen LogP contribution < -0.4 is 0 Å². The third-order valence-electron chi connectivity index (χ3n) is 4.62. The maximum absolute atomic E-state index is 12.0. The summed E-state index contributed by atoms with van der Waals surface area (Å²) in [6.07, 6.45) is 17.2. The number of hydrogen-bond donors (Lipinski definition) is 0. The van der Waals surface area contributed by atoms with Gasteiger partial charge in [0.05, 0.1) is 0 Å². The van der Waals surface area contributed by atoms with Crippen molar-refractivity contribution in [1.82, 2.24) is 4.90 Å². The second-order valence-corrected chi connectivity index (χ2v) is 6.68. The molecule has 0 aromatic rings. The first kappa shape index (κ1) is 19.2. The molecule has 1 rings (SSSR count). The number of rotatable bonds is 12. The molecule has 1 saturated heterocycles. The highest BCUT2D eigenvalue weighted by atomic mass is 16.2. The Morgan fingerprint density at radius 2 is 1.41 bits per heavy atom. The van der Waals surface area contributed by atoms with Crippen LogP contribution >= 0.6 is 0 Å². The number of likely N-dealkylation sites (tertiary alicyclic amines) is 1. The van der Waals surface area contributed by atoms with E-state index in [9.17, 15) is 9.59 Å². The summed E-state index contributed by atoms with van der Waals surface area (Å²) in [6, 6.07) is 0. The average Bonchev–Trinajstić information content (AvgIpc) is 2.53. The van der Waals surface area contributed by atoms with E-state index < -0.39 is 0 Å². The van der Waals surface area contributed by atoms with Crippen LogP contribution in [0.15, 0.2) is 0 Å². The van der Waals surface area contributed by atoms with Crippen LogP contribution in [0, 0.1) is 0 Å². The van der Waals surface area contributed by atoms with Crippen LogP contribution in [0.3, 0.4) is 0 Å². The minimum absolute atomic E-state index is 0.0410. The van der Waals surface area contributed by atoms with Crippen molar-refractivity contribution >= 4 is 11.8 Å². The first-order valence-electron chi connectivity index (χ1n) is 9.59. The van der Waals surface area contributed by atoms with E-state index in [1.165, 1.54) is 62.7 Å². The summed E-state index contributed by atoms with van der Waals surface area (Å²) in [5.74, 6) is 0.0972. The van der Waals surface area contributed by atoms with Crippen LogP contribution in [0.25, 0.3) is 0 Å². The lowest BCUT2D eigenvalue weighted by atomic mass is 10.0. The van der Waals surface area contributed by atoms with Crippen molar-refractivity contribution in [1.29, 1.82) is 0 Å². The van der Waals surface area contributed by atoms with E-state index in [2.05, 4.69) is 6.92 Å². The van der Waals surface area contributed by atoms with Gasteiger partial charge in [0.25, 0.3) is 0 Å². The Labute approximate surface area is 136 Å². The maximum Gasteiger partial charge on any atom is 0.229 e. The summed E-state index contributed by atoms with van der Waals surface area (Å²) >= 11 is 0. The zero-order valence-electron chi connectivity index (χ0n) is 14.6. The molecular formula is C19H35NO2. The van der Waals surface area contributed by atoms with Gasteiger partial charge in [0.2, 0.25) is 11.8 Å². The molecule has 0 spiro atoms. The fourth-order valence-electron chi connectivity index (χ4n) is 3.14. The highest BCUT2D eigenvalue weighted by molar-refractivity contribution is 5.95. The third kappa shape index (κ3) is 8.55. The average molecular weight is 309 g/mol. The second kappa shape index (κ2) is 12.7. The van der Waals surface area contributed by atoms with Crippen molar-refractivity contribution in [2.24, 2.45) is 0 Å². The van der Waals surface area contributed by atoms with Crippen LogP contribution in [0.2, 0.25) is 0 Å². The second-order valence-electron chi connectivity index (χ2n) is 6.68. The molecule has 128 valence electrons. The summed E-state index contributed by atoms with van der Waals surface area (Å²) in [7, 11) is 0. The molecule has 0 N–H and O–H groups in total. The molecule has 0 atom stereocenters. The molecule has 0 saturated carbocycles. The molecule has 22 heavy (non-hydrogen) atoms. The van der Waals surface area contributed by atoms with Crippen LogP contribution in [0.4, 0.5) is 0 Å². The van der Waals surface area contributed by atoms with Crippen LogP contribution in [-0.2, 0) is 9.59 Å². The first-order valence-corrected chi connectivity index (χ1v) is 9.59. The molecule has 1 fully saturated rings. The van der Waals surface area contributed by atoms with E-state index in [1.807, 2.05) is 0 Å². The predicted octanol–water partition coefficient (Wildman–Crippen LogP) is 5.23. The van der Waals surface area contributed by atoms with Crippen molar-refractivity contribution in [2.75, 3.05) is 6.54 Å². The van der Waals surface area contributed by atoms with Gasteiger partial charge in [-0.2, -0.15) is 0 Å². The Bertz CT molecular complexity index is 315. The van der Waals surface area contributed by atoms with E-state index >= 15 is 0 Å². The fourth-order valence-corrected chi connectivity index (χ4v) is 3.14. The maximum atomic E-state index is 12.0. The highest BCUT2D eigenvalue weighted by Crippen LogP contribution is 2.15. The summed E-state index contributed by atoms with van der Waals surface area (Å²) in [4.78, 5) is 25.1. The van der Waals surface area contributed by atoms with Gasteiger partial charge in [-0.15, -0.1) is 0 Å². The number of amides is 2. The summed E-state index contributed by atoms with van der Waals surface area (Å²) in [5.41, 5.74) is 0. The van der Waals surface area contributed by atoms with Crippen molar-refractivity contribution in [2.45, 2.75) is 103 Å². The molecule has 3 nitrogen and oxygen atoms in total. The molecule has 0 aliphatic carbocycles. The fraction of sp³-hybridized carbons (Fsp3) is 0.895. The Morgan fingerprint density at radius 1 is 0.864 bits per heavy atom. The van der Waals surface area contributed by atoms with Crippen LogP contribution in [0.1, 0.15) is 103 Å². The Hall–Kier alpha value is -0.860. The molecule has 1 aliphatic heterocycles.